The molecule has 0 unspecified atom stereocenters. The number of rotatable bonds is 4. The van der Waals surface area contributed by atoms with Gasteiger partial charge in [-0.15, -0.1) is 0 Å². The predicted molar refractivity (Wildman–Crippen MR) is 90.7 cm³/mol. The number of nitrogens with one attached hydrogen (secondary N) is 1. The zero-order valence-electron chi connectivity index (χ0n) is 13.0. The summed E-state index contributed by atoms with van der Waals surface area (Å²) in [5, 5.41) is 3.63. The van der Waals surface area contributed by atoms with Gasteiger partial charge in [0.1, 0.15) is 0 Å². The average molecular weight is 354 g/mol. The topological polar surface area (TPSA) is 35.6 Å². The Labute approximate surface area is 135 Å². The van der Waals surface area contributed by atoms with Crippen LogP contribution in [0.2, 0.25) is 0 Å². The third kappa shape index (κ3) is 4.71. The van der Waals surface area contributed by atoms with Crippen molar-refractivity contribution in [3.05, 3.63) is 28.2 Å². The lowest BCUT2D eigenvalue weighted by Crippen LogP contribution is -2.43. The maximum absolute atomic E-state index is 11.7. The van der Waals surface area contributed by atoms with Crippen molar-refractivity contribution in [1.29, 1.82) is 0 Å². The van der Waals surface area contributed by atoms with E-state index < -0.39 is 0 Å². The Morgan fingerprint density at radius 2 is 2.05 bits per heavy atom. The fraction of sp³-hybridized carbons (Fsp3) is 0.562. The predicted octanol–water partition coefficient (Wildman–Crippen LogP) is 2.72. The number of hydrogen-bond acceptors (Lipinski definition) is 3. The molecule has 0 spiro atoms. The molecule has 21 heavy (non-hydrogen) atoms. The highest BCUT2D eigenvalue weighted by molar-refractivity contribution is 9.10. The summed E-state index contributed by atoms with van der Waals surface area (Å²) in [5.74, 6) is 0.185. The van der Waals surface area contributed by atoms with Crippen molar-refractivity contribution >= 4 is 27.5 Å². The molecule has 1 aromatic carbocycles. The molecule has 1 N–H and O–H groups in total. The lowest BCUT2D eigenvalue weighted by Gasteiger charge is -2.33. The van der Waals surface area contributed by atoms with E-state index in [-0.39, 0.29) is 5.91 Å². The van der Waals surface area contributed by atoms with E-state index in [1.807, 2.05) is 14.1 Å². The van der Waals surface area contributed by atoms with Crippen LogP contribution in [-0.4, -0.2) is 55.5 Å². The summed E-state index contributed by atoms with van der Waals surface area (Å²) in [7, 11) is 3.62. The first-order chi connectivity index (χ1) is 9.95. The summed E-state index contributed by atoms with van der Waals surface area (Å²) in [6.45, 7) is 4.62. The van der Waals surface area contributed by atoms with Crippen molar-refractivity contribution in [2.24, 2.45) is 0 Å². The van der Waals surface area contributed by atoms with Gasteiger partial charge >= 0.3 is 0 Å². The number of piperidine rings is 1. The number of benzene rings is 1. The maximum atomic E-state index is 11.7. The lowest BCUT2D eigenvalue weighted by atomic mass is 10.0. The van der Waals surface area contributed by atoms with Crippen LogP contribution in [-0.2, 0) is 4.79 Å². The van der Waals surface area contributed by atoms with Crippen molar-refractivity contribution in [3.63, 3.8) is 0 Å². The van der Waals surface area contributed by atoms with E-state index in [2.05, 4.69) is 51.3 Å². The molecule has 0 aromatic heterocycles. The first-order valence-electron chi connectivity index (χ1n) is 7.41. The second kappa shape index (κ2) is 7.27. The fourth-order valence-corrected chi connectivity index (χ4v) is 3.05. The van der Waals surface area contributed by atoms with Crippen LogP contribution in [0.5, 0.6) is 0 Å². The monoisotopic (exact) mass is 353 g/mol. The number of halogens is 1. The maximum Gasteiger partial charge on any atom is 0.236 e. The van der Waals surface area contributed by atoms with Crippen LogP contribution in [0.3, 0.4) is 0 Å². The van der Waals surface area contributed by atoms with E-state index in [0.29, 0.717) is 12.6 Å². The minimum absolute atomic E-state index is 0.185. The Balaban J connectivity index is 1.83. The second-order valence-corrected chi connectivity index (χ2v) is 6.86. The molecule has 1 fully saturated rings. The molecule has 1 aromatic rings. The number of aryl methyl sites for hydroxylation is 1. The molecule has 5 heteroatoms. The Bertz CT molecular complexity index is 496. The molecule has 0 aliphatic carbocycles. The number of anilines is 1. The molecule has 0 bridgehead atoms. The fourth-order valence-electron chi connectivity index (χ4n) is 2.58. The Morgan fingerprint density at radius 1 is 1.38 bits per heavy atom. The lowest BCUT2D eigenvalue weighted by molar-refractivity contribution is -0.130. The van der Waals surface area contributed by atoms with Crippen LogP contribution < -0.4 is 5.32 Å². The molecule has 1 saturated heterocycles. The van der Waals surface area contributed by atoms with Gasteiger partial charge in [-0.25, -0.2) is 0 Å². The van der Waals surface area contributed by atoms with E-state index in [4.69, 9.17) is 0 Å². The Morgan fingerprint density at radius 3 is 2.62 bits per heavy atom. The first kappa shape index (κ1) is 16.3. The van der Waals surface area contributed by atoms with E-state index in [9.17, 15) is 4.79 Å². The molecule has 116 valence electrons. The molecule has 0 radical (unpaired) electrons. The minimum atomic E-state index is 0.185. The van der Waals surface area contributed by atoms with Gasteiger partial charge in [0.25, 0.3) is 0 Å². The summed E-state index contributed by atoms with van der Waals surface area (Å²) in [6, 6.07) is 6.82. The zero-order chi connectivity index (χ0) is 15.4. The number of likely N-dealkylation sites (N-methyl/N-ethyl adjacent to an activating group) is 1. The molecule has 0 saturated carbocycles. The summed E-state index contributed by atoms with van der Waals surface area (Å²) >= 11 is 3.49. The molecule has 1 heterocycles. The molecule has 1 aliphatic heterocycles. The van der Waals surface area contributed by atoms with Gasteiger partial charge in [0, 0.05) is 43.4 Å². The van der Waals surface area contributed by atoms with Crippen molar-refractivity contribution < 1.29 is 4.79 Å². The SMILES string of the molecule is Cc1cc(Br)ccc1NC1CCN(CC(=O)N(C)C)CC1. The largest absolute Gasteiger partial charge is 0.382 e. The molecular weight excluding hydrogens is 330 g/mol. The molecule has 2 rings (SSSR count). The van der Waals surface area contributed by atoms with Gasteiger partial charge in [-0.2, -0.15) is 0 Å². The Kier molecular flexibility index (Phi) is 5.65. The third-order valence-corrected chi connectivity index (χ3v) is 4.49. The number of hydrogen-bond donors (Lipinski definition) is 1. The smallest absolute Gasteiger partial charge is 0.236 e. The normalized spacial score (nSPS) is 16.8. The van der Waals surface area contributed by atoms with E-state index in [1.165, 1.54) is 11.3 Å². The van der Waals surface area contributed by atoms with Gasteiger partial charge in [0.05, 0.1) is 6.54 Å². The molecule has 1 aliphatic rings. The second-order valence-electron chi connectivity index (χ2n) is 5.94. The van der Waals surface area contributed by atoms with Gasteiger partial charge in [0.2, 0.25) is 5.91 Å². The van der Waals surface area contributed by atoms with Crippen LogP contribution in [0.15, 0.2) is 22.7 Å². The minimum Gasteiger partial charge on any atom is -0.382 e. The van der Waals surface area contributed by atoms with Gasteiger partial charge < -0.3 is 10.2 Å². The number of carbonyl (C=O) groups is 1. The molecule has 4 nitrogen and oxygen atoms in total. The standard InChI is InChI=1S/C16H24BrN3O/c1-12-10-13(17)4-5-15(12)18-14-6-8-20(9-7-14)11-16(21)19(2)3/h4-5,10,14,18H,6-9,11H2,1-3H3. The number of likely N-dealkylation sites (tertiary alicyclic amines) is 1. The summed E-state index contributed by atoms with van der Waals surface area (Å²) < 4.78 is 1.11. The van der Waals surface area contributed by atoms with Crippen LogP contribution in [0.25, 0.3) is 0 Å². The summed E-state index contributed by atoms with van der Waals surface area (Å²) in [5.41, 5.74) is 2.47. The van der Waals surface area contributed by atoms with Crippen molar-refractivity contribution in [2.45, 2.75) is 25.8 Å². The Hall–Kier alpha value is -1.07. The molecule has 1 amide bonds. The van der Waals surface area contributed by atoms with Crippen LogP contribution in [0, 0.1) is 6.92 Å². The number of nitrogens with zero attached hydrogens (tertiary/aromatic N) is 2. The van der Waals surface area contributed by atoms with Crippen molar-refractivity contribution in [1.82, 2.24) is 9.80 Å². The van der Waals surface area contributed by atoms with Gasteiger partial charge in [-0.05, 0) is 43.5 Å². The van der Waals surface area contributed by atoms with Gasteiger partial charge in [0.15, 0.2) is 0 Å². The average Bonchev–Trinajstić information content (AvgIpc) is 2.43. The van der Waals surface area contributed by atoms with E-state index in [1.54, 1.807) is 4.90 Å². The zero-order valence-corrected chi connectivity index (χ0v) is 14.6. The van der Waals surface area contributed by atoms with Gasteiger partial charge in [-0.3, -0.25) is 9.69 Å². The number of carbonyl (C=O) groups excluding carboxylic acids is 1. The van der Waals surface area contributed by atoms with Crippen LogP contribution in [0.1, 0.15) is 18.4 Å². The van der Waals surface area contributed by atoms with E-state index in [0.717, 1.165) is 30.4 Å². The quantitative estimate of drug-likeness (QED) is 0.903. The van der Waals surface area contributed by atoms with Crippen LogP contribution >= 0.6 is 15.9 Å². The highest BCUT2D eigenvalue weighted by Gasteiger charge is 2.21. The molecule has 0 atom stereocenters. The third-order valence-electron chi connectivity index (χ3n) is 3.99. The van der Waals surface area contributed by atoms with Gasteiger partial charge in [-0.1, -0.05) is 15.9 Å². The summed E-state index contributed by atoms with van der Waals surface area (Å²) in [4.78, 5) is 15.6. The number of amides is 1. The highest BCUT2D eigenvalue weighted by Crippen LogP contribution is 2.23. The summed E-state index contributed by atoms with van der Waals surface area (Å²) in [6.07, 6.45) is 2.16. The molecular formula is C16H24BrN3O. The van der Waals surface area contributed by atoms with E-state index >= 15 is 0 Å². The first-order valence-corrected chi connectivity index (χ1v) is 8.20. The highest BCUT2D eigenvalue weighted by atomic mass is 79.9. The van der Waals surface area contributed by atoms with Crippen molar-refractivity contribution in [2.75, 3.05) is 39.0 Å². The van der Waals surface area contributed by atoms with Crippen LogP contribution in [0.4, 0.5) is 5.69 Å². The van der Waals surface area contributed by atoms with Crippen molar-refractivity contribution in [3.8, 4) is 0 Å².